The van der Waals surface area contributed by atoms with E-state index in [2.05, 4.69) is 45.8 Å². The molecule has 17 heavy (non-hydrogen) atoms. The monoisotopic (exact) mass is 394 g/mol. The second-order valence-corrected chi connectivity index (χ2v) is 21.9. The number of hydrogen-bond acceptors (Lipinski definition) is 4. The fourth-order valence-electron chi connectivity index (χ4n) is 1.27. The topological polar surface area (TPSA) is 25.8 Å². The molecule has 1 heterocycles. The summed E-state index contributed by atoms with van der Waals surface area (Å²) in [5.41, 5.74) is 10.6. The Hall–Kier alpha value is 0.897. The average molecular weight is 394 g/mol. The van der Waals surface area contributed by atoms with Crippen molar-refractivity contribution < 1.29 is 0 Å². The molecule has 6 heteroatoms. The Kier molecular flexibility index (Phi) is 7.64. The molecule has 0 amide bonds. The second kappa shape index (κ2) is 8.14. The van der Waals surface area contributed by atoms with Crippen LogP contribution in [0.1, 0.15) is 19.0 Å². The van der Waals surface area contributed by atoms with Gasteiger partial charge in [0.05, 0.1) is 0 Å². The van der Waals surface area contributed by atoms with Gasteiger partial charge in [0.2, 0.25) is 0 Å². The Labute approximate surface area is 121 Å². The van der Waals surface area contributed by atoms with Gasteiger partial charge in [-0.15, -0.1) is 0 Å². The van der Waals surface area contributed by atoms with E-state index in [1.807, 2.05) is 20.0 Å². The van der Waals surface area contributed by atoms with Crippen LogP contribution in [0.5, 0.6) is 0 Å². The van der Waals surface area contributed by atoms with Crippen LogP contribution in [-0.2, 0) is 6.42 Å². The SMILES string of the molecule is CCCc1cc(S[As](C)C)nc(S[As](C)C)n1. The van der Waals surface area contributed by atoms with Crippen LogP contribution < -0.4 is 0 Å². The van der Waals surface area contributed by atoms with Crippen LogP contribution in [0.25, 0.3) is 0 Å². The summed E-state index contributed by atoms with van der Waals surface area (Å²) < 4.78 is 0. The molecule has 0 aliphatic heterocycles. The van der Waals surface area contributed by atoms with Crippen molar-refractivity contribution in [3.8, 4) is 0 Å². The predicted molar refractivity (Wildman–Crippen MR) is 82.7 cm³/mol. The molecule has 0 saturated heterocycles. The van der Waals surface area contributed by atoms with E-state index in [0.29, 0.717) is 0 Å². The van der Waals surface area contributed by atoms with E-state index in [0.717, 1.165) is 18.0 Å². The van der Waals surface area contributed by atoms with E-state index in [9.17, 15) is 0 Å². The van der Waals surface area contributed by atoms with Crippen molar-refractivity contribution in [2.24, 2.45) is 0 Å². The first-order valence-electron chi connectivity index (χ1n) is 5.59. The van der Waals surface area contributed by atoms with Crippen molar-refractivity contribution in [2.75, 3.05) is 0 Å². The maximum atomic E-state index is 4.68. The van der Waals surface area contributed by atoms with Gasteiger partial charge in [0.1, 0.15) is 0 Å². The molecule has 1 aromatic rings. The summed E-state index contributed by atoms with van der Waals surface area (Å²) >= 11 is -1.49. The summed E-state index contributed by atoms with van der Waals surface area (Å²) in [6.07, 6.45) is 2.23. The molecule has 0 aliphatic carbocycles. The molecule has 0 atom stereocenters. The van der Waals surface area contributed by atoms with Gasteiger partial charge in [-0.05, 0) is 0 Å². The molecule has 0 unspecified atom stereocenters. The Morgan fingerprint density at radius 3 is 2.24 bits per heavy atom. The van der Waals surface area contributed by atoms with Gasteiger partial charge in [-0.2, -0.15) is 0 Å². The molecule has 0 fully saturated rings. The van der Waals surface area contributed by atoms with E-state index in [1.54, 1.807) is 0 Å². The Morgan fingerprint density at radius 1 is 1.06 bits per heavy atom. The third-order valence-electron chi connectivity index (χ3n) is 1.78. The van der Waals surface area contributed by atoms with Gasteiger partial charge in [-0.3, -0.25) is 0 Å². The molecule has 96 valence electrons. The van der Waals surface area contributed by atoms with Gasteiger partial charge in [0, 0.05) is 0 Å². The van der Waals surface area contributed by atoms with Gasteiger partial charge in [0.15, 0.2) is 0 Å². The molecule has 0 aromatic carbocycles. The number of nitrogens with zero attached hydrogens (tertiary/aromatic N) is 2. The van der Waals surface area contributed by atoms with E-state index < -0.39 is 27.0 Å². The van der Waals surface area contributed by atoms with E-state index >= 15 is 0 Å². The quantitative estimate of drug-likeness (QED) is 0.412. The van der Waals surface area contributed by atoms with Crippen LogP contribution in [0.3, 0.4) is 0 Å². The molecule has 1 aromatic heterocycles. The van der Waals surface area contributed by atoms with Crippen molar-refractivity contribution >= 4 is 47.0 Å². The zero-order valence-electron chi connectivity index (χ0n) is 11.1. The Balaban J connectivity index is 2.91. The summed E-state index contributed by atoms with van der Waals surface area (Å²) in [4.78, 5) is 9.35. The van der Waals surface area contributed by atoms with Crippen molar-refractivity contribution in [1.29, 1.82) is 0 Å². The minimum atomic E-state index is -0.762. The molecule has 0 radical (unpaired) electrons. The summed E-state index contributed by atoms with van der Waals surface area (Å²) in [7, 11) is 3.88. The van der Waals surface area contributed by atoms with Crippen LogP contribution in [0.2, 0.25) is 22.8 Å². The molecular formula is C11H20As2N2S2. The third-order valence-corrected chi connectivity index (χ3v) is 10.1. The molecule has 1 rings (SSSR count). The van der Waals surface area contributed by atoms with Crippen molar-refractivity contribution in [1.82, 2.24) is 9.97 Å². The van der Waals surface area contributed by atoms with Crippen molar-refractivity contribution in [3.63, 3.8) is 0 Å². The number of hydrogen-bond donors (Lipinski definition) is 0. The van der Waals surface area contributed by atoms with Crippen LogP contribution in [0, 0.1) is 0 Å². The van der Waals surface area contributed by atoms with Gasteiger partial charge >= 0.3 is 122 Å². The van der Waals surface area contributed by atoms with Crippen LogP contribution in [0.15, 0.2) is 16.2 Å². The zero-order chi connectivity index (χ0) is 12.8. The zero-order valence-corrected chi connectivity index (χ0v) is 16.5. The molecule has 2 nitrogen and oxygen atoms in total. The second-order valence-electron chi connectivity index (χ2n) is 4.04. The summed E-state index contributed by atoms with van der Waals surface area (Å²) in [5, 5.41) is 2.21. The van der Waals surface area contributed by atoms with Crippen LogP contribution in [0.4, 0.5) is 0 Å². The van der Waals surface area contributed by atoms with Gasteiger partial charge in [-0.25, -0.2) is 0 Å². The van der Waals surface area contributed by atoms with Gasteiger partial charge in [-0.1, -0.05) is 0 Å². The first-order valence-corrected chi connectivity index (χ1v) is 19.2. The molecule has 0 spiro atoms. The first-order chi connectivity index (χ1) is 8.01. The van der Waals surface area contributed by atoms with Gasteiger partial charge in [0.25, 0.3) is 0 Å². The molecule has 0 bridgehead atoms. The summed E-state index contributed by atoms with van der Waals surface area (Å²) in [6, 6.07) is 2.19. The molecule has 0 aliphatic rings. The van der Waals surface area contributed by atoms with Crippen molar-refractivity contribution in [2.45, 2.75) is 52.8 Å². The summed E-state index contributed by atoms with van der Waals surface area (Å²) in [5.74, 6) is 0. The first kappa shape index (κ1) is 16.0. The summed E-state index contributed by atoms with van der Waals surface area (Å²) in [6.45, 7) is 2.21. The molecule has 0 saturated carbocycles. The average Bonchev–Trinajstić information content (AvgIpc) is 2.14. The molecule has 0 N–H and O–H groups in total. The molecular weight excluding hydrogens is 374 g/mol. The Bertz CT molecular complexity index is 331. The van der Waals surface area contributed by atoms with Crippen LogP contribution in [-0.4, -0.2) is 37.0 Å². The number of rotatable bonds is 6. The third kappa shape index (κ3) is 6.57. The Morgan fingerprint density at radius 2 is 1.71 bits per heavy atom. The van der Waals surface area contributed by atoms with Gasteiger partial charge < -0.3 is 0 Å². The minimum absolute atomic E-state index is 0.727. The number of aromatic nitrogens is 2. The van der Waals surface area contributed by atoms with E-state index in [1.165, 1.54) is 10.7 Å². The fraction of sp³-hybridized carbons (Fsp3) is 0.636. The number of aryl methyl sites for hydroxylation is 1. The van der Waals surface area contributed by atoms with Crippen molar-refractivity contribution in [3.05, 3.63) is 11.8 Å². The fourth-order valence-corrected chi connectivity index (χ4v) is 8.16. The standard InChI is InChI=1S/C11H20As2N2S2/c1-6-7-9-8-10(16-12(2)3)15-11(14-9)17-13(4)5/h8H,6-7H2,1-5H3. The maximum absolute atomic E-state index is 4.68. The van der Waals surface area contributed by atoms with E-state index in [-0.39, 0.29) is 0 Å². The van der Waals surface area contributed by atoms with Crippen LogP contribution >= 0.6 is 20.0 Å². The predicted octanol–water partition coefficient (Wildman–Crippen LogP) is 4.12. The normalized spacial score (nSPS) is 11.5. The van der Waals surface area contributed by atoms with E-state index in [4.69, 9.17) is 0 Å².